The van der Waals surface area contributed by atoms with Crippen LogP contribution in [0.3, 0.4) is 0 Å². The molecule has 0 saturated heterocycles. The number of halogens is 1. The first-order valence-electron chi connectivity index (χ1n) is 6.41. The lowest BCUT2D eigenvalue weighted by atomic mass is 9.98. The van der Waals surface area contributed by atoms with Gasteiger partial charge in [0.1, 0.15) is 0 Å². The van der Waals surface area contributed by atoms with E-state index in [1.165, 1.54) is 12.0 Å². The lowest BCUT2D eigenvalue weighted by Gasteiger charge is -2.10. The lowest BCUT2D eigenvalue weighted by molar-refractivity contribution is 0.620. The van der Waals surface area contributed by atoms with Gasteiger partial charge in [-0.05, 0) is 42.9 Å². The van der Waals surface area contributed by atoms with Crippen LogP contribution in [0.5, 0.6) is 0 Å². The van der Waals surface area contributed by atoms with Crippen molar-refractivity contribution < 1.29 is 0 Å². The maximum absolute atomic E-state index is 5.98. The summed E-state index contributed by atoms with van der Waals surface area (Å²) in [7, 11) is 0. The number of aryl methyl sites for hydroxylation is 1. The minimum Gasteiger partial charge on any atom is -0.261 e. The molecule has 1 nitrogen and oxygen atoms in total. The minimum absolute atomic E-state index is 0.465. The highest BCUT2D eigenvalue weighted by atomic mass is 35.5. The molecule has 2 aromatic rings. The highest BCUT2D eigenvalue weighted by Gasteiger charge is 2.07. The van der Waals surface area contributed by atoms with Gasteiger partial charge in [-0.1, -0.05) is 48.9 Å². The molecule has 94 valence electrons. The first kappa shape index (κ1) is 13.1. The molecule has 1 unspecified atom stereocenters. The fraction of sp³-hybridized carbons (Fsp3) is 0.312. The zero-order valence-corrected chi connectivity index (χ0v) is 11.4. The van der Waals surface area contributed by atoms with Crippen molar-refractivity contribution in [2.24, 2.45) is 0 Å². The molecule has 1 aromatic carbocycles. The van der Waals surface area contributed by atoms with Crippen LogP contribution in [0.4, 0.5) is 0 Å². The highest BCUT2D eigenvalue weighted by molar-refractivity contribution is 6.30. The monoisotopic (exact) mass is 259 g/mol. The van der Waals surface area contributed by atoms with Crippen molar-refractivity contribution in [3.63, 3.8) is 0 Å². The van der Waals surface area contributed by atoms with Crippen LogP contribution < -0.4 is 0 Å². The molecule has 1 atom stereocenters. The predicted molar refractivity (Wildman–Crippen MR) is 77.0 cm³/mol. The summed E-state index contributed by atoms with van der Waals surface area (Å²) in [4.78, 5) is 4.38. The summed E-state index contributed by atoms with van der Waals surface area (Å²) in [5.74, 6) is 0.465. The molecule has 0 bridgehead atoms. The molecule has 0 aliphatic heterocycles. The first-order valence-corrected chi connectivity index (χ1v) is 6.79. The number of pyridine rings is 1. The highest BCUT2D eigenvalue weighted by Crippen LogP contribution is 2.22. The molecule has 0 saturated carbocycles. The van der Waals surface area contributed by atoms with E-state index in [2.05, 4.69) is 42.2 Å². The van der Waals surface area contributed by atoms with Crippen molar-refractivity contribution in [1.29, 1.82) is 0 Å². The summed E-state index contributed by atoms with van der Waals surface area (Å²) in [5.41, 5.74) is 2.50. The summed E-state index contributed by atoms with van der Waals surface area (Å²) in [6.07, 6.45) is 5.23. The Labute approximate surface area is 114 Å². The fourth-order valence-corrected chi connectivity index (χ4v) is 2.26. The average Bonchev–Trinajstić information content (AvgIpc) is 2.40. The summed E-state index contributed by atoms with van der Waals surface area (Å²) in [5, 5.41) is 0.773. The van der Waals surface area contributed by atoms with Gasteiger partial charge in [0, 0.05) is 16.9 Å². The average molecular weight is 260 g/mol. The maximum Gasteiger partial charge on any atom is 0.0446 e. The Bertz CT molecular complexity index is 481. The molecule has 0 aliphatic carbocycles. The number of aromatic nitrogens is 1. The zero-order chi connectivity index (χ0) is 12.8. The maximum atomic E-state index is 5.98. The molecule has 18 heavy (non-hydrogen) atoms. The molecule has 0 N–H and O–H groups in total. The van der Waals surface area contributed by atoms with Crippen LogP contribution in [0.15, 0.2) is 48.7 Å². The van der Waals surface area contributed by atoms with E-state index in [0.717, 1.165) is 23.6 Å². The third-order valence-electron chi connectivity index (χ3n) is 3.19. The van der Waals surface area contributed by atoms with Gasteiger partial charge in [0.05, 0.1) is 0 Å². The van der Waals surface area contributed by atoms with Gasteiger partial charge in [-0.3, -0.25) is 4.98 Å². The Morgan fingerprint density at radius 3 is 2.67 bits per heavy atom. The van der Waals surface area contributed by atoms with Crippen molar-refractivity contribution in [1.82, 2.24) is 4.98 Å². The topological polar surface area (TPSA) is 12.9 Å². The zero-order valence-electron chi connectivity index (χ0n) is 10.6. The molecular weight excluding hydrogens is 242 g/mol. The first-order chi connectivity index (χ1) is 8.75. The van der Waals surface area contributed by atoms with Crippen LogP contribution >= 0.6 is 11.6 Å². The van der Waals surface area contributed by atoms with Crippen molar-refractivity contribution in [3.8, 4) is 0 Å². The molecule has 1 heterocycles. The predicted octanol–water partition coefficient (Wildman–Crippen LogP) is 4.86. The van der Waals surface area contributed by atoms with Gasteiger partial charge >= 0.3 is 0 Å². The number of rotatable bonds is 5. The fourth-order valence-electron chi connectivity index (χ4n) is 2.10. The molecule has 0 amide bonds. The second-order valence-corrected chi connectivity index (χ2v) is 5.11. The number of hydrogen-bond acceptors (Lipinski definition) is 1. The summed E-state index contributed by atoms with van der Waals surface area (Å²) in [6, 6.07) is 14.4. The lowest BCUT2D eigenvalue weighted by Crippen LogP contribution is -1.98. The van der Waals surface area contributed by atoms with E-state index in [-0.39, 0.29) is 0 Å². The number of hydrogen-bond donors (Lipinski definition) is 0. The van der Waals surface area contributed by atoms with Gasteiger partial charge < -0.3 is 0 Å². The van der Waals surface area contributed by atoms with Crippen LogP contribution in [0.25, 0.3) is 0 Å². The van der Waals surface area contributed by atoms with E-state index in [1.807, 2.05) is 12.1 Å². The molecule has 0 aliphatic rings. The van der Waals surface area contributed by atoms with Crippen LogP contribution in [0.1, 0.15) is 36.9 Å². The quantitative estimate of drug-likeness (QED) is 0.747. The van der Waals surface area contributed by atoms with Gasteiger partial charge in [-0.2, -0.15) is 0 Å². The van der Waals surface area contributed by atoms with Crippen LogP contribution in [0.2, 0.25) is 5.02 Å². The molecule has 2 heteroatoms. The molecule has 0 fully saturated rings. The van der Waals surface area contributed by atoms with E-state index in [0.29, 0.717) is 5.92 Å². The molecule has 2 rings (SSSR count). The van der Waals surface area contributed by atoms with Crippen molar-refractivity contribution in [2.45, 2.75) is 32.1 Å². The number of benzene rings is 1. The van der Waals surface area contributed by atoms with Crippen molar-refractivity contribution >= 4 is 11.6 Å². The molecule has 0 radical (unpaired) electrons. The van der Waals surface area contributed by atoms with Gasteiger partial charge in [-0.15, -0.1) is 0 Å². The molecule has 0 spiro atoms. The molecular formula is C16H18ClN. The summed E-state index contributed by atoms with van der Waals surface area (Å²) < 4.78 is 0. The summed E-state index contributed by atoms with van der Waals surface area (Å²) in [6.45, 7) is 2.21. The van der Waals surface area contributed by atoms with Crippen molar-refractivity contribution in [3.05, 3.63) is 64.9 Å². The normalized spacial score (nSPS) is 12.3. The van der Waals surface area contributed by atoms with Gasteiger partial charge in [0.25, 0.3) is 0 Å². The Balaban J connectivity index is 1.83. The Morgan fingerprint density at radius 1 is 1.17 bits per heavy atom. The van der Waals surface area contributed by atoms with Gasteiger partial charge in [0.2, 0.25) is 0 Å². The second kappa shape index (κ2) is 6.55. The minimum atomic E-state index is 0.465. The van der Waals surface area contributed by atoms with Crippen molar-refractivity contribution in [2.75, 3.05) is 0 Å². The van der Waals surface area contributed by atoms with E-state index in [4.69, 9.17) is 11.6 Å². The largest absolute Gasteiger partial charge is 0.261 e. The smallest absolute Gasteiger partial charge is 0.0446 e. The van der Waals surface area contributed by atoms with Gasteiger partial charge in [0.15, 0.2) is 0 Å². The number of nitrogens with zero attached hydrogens (tertiary/aromatic N) is 1. The van der Waals surface area contributed by atoms with Crippen LogP contribution in [-0.4, -0.2) is 4.98 Å². The Morgan fingerprint density at radius 2 is 1.94 bits per heavy atom. The standard InChI is InChI=1S/C16H18ClN/c1-13(16-12-15(17)10-11-18-16)6-5-9-14-7-3-2-4-8-14/h2-4,7-8,10-13H,5-6,9H2,1H3. The third kappa shape index (κ3) is 3.85. The van der Waals surface area contributed by atoms with E-state index in [1.54, 1.807) is 6.20 Å². The Hall–Kier alpha value is -1.34. The van der Waals surface area contributed by atoms with E-state index in [9.17, 15) is 0 Å². The SMILES string of the molecule is CC(CCCc1ccccc1)c1cc(Cl)ccn1. The molecule has 1 aromatic heterocycles. The summed E-state index contributed by atoms with van der Waals surface area (Å²) >= 11 is 5.98. The van der Waals surface area contributed by atoms with Gasteiger partial charge in [-0.25, -0.2) is 0 Å². The Kier molecular flexibility index (Phi) is 4.77. The van der Waals surface area contributed by atoms with E-state index < -0.39 is 0 Å². The van der Waals surface area contributed by atoms with Crippen LogP contribution in [-0.2, 0) is 6.42 Å². The van der Waals surface area contributed by atoms with Crippen LogP contribution in [0, 0.1) is 0 Å². The van der Waals surface area contributed by atoms with E-state index >= 15 is 0 Å². The third-order valence-corrected chi connectivity index (χ3v) is 3.43. The second-order valence-electron chi connectivity index (χ2n) is 4.68.